The Morgan fingerprint density at radius 1 is 1.41 bits per heavy atom. The second-order valence-electron chi connectivity index (χ2n) is 7.05. The first-order chi connectivity index (χ1) is 13.1. The fourth-order valence-electron chi connectivity index (χ4n) is 3.63. The van der Waals surface area contributed by atoms with E-state index >= 15 is 0 Å². The highest BCUT2D eigenvalue weighted by Gasteiger charge is 2.24. The van der Waals surface area contributed by atoms with Crippen molar-refractivity contribution in [2.24, 2.45) is 5.92 Å². The van der Waals surface area contributed by atoms with Crippen molar-refractivity contribution in [3.63, 3.8) is 0 Å². The fraction of sp³-hybridized carbons (Fsp3) is 0.409. The molecule has 0 spiro atoms. The average molecular weight is 386 g/mol. The summed E-state index contributed by atoms with van der Waals surface area (Å²) in [6, 6.07) is 10.3. The first kappa shape index (κ1) is 19.6. The number of rotatable bonds is 7. The van der Waals surface area contributed by atoms with Gasteiger partial charge < -0.3 is 14.7 Å². The average Bonchev–Trinajstić information content (AvgIpc) is 3.11. The molecule has 3 rings (SSSR count). The van der Waals surface area contributed by atoms with Gasteiger partial charge in [-0.05, 0) is 73.0 Å². The topological polar surface area (TPSA) is 49.8 Å². The SMILES string of the molecule is COc1cccc(/C(=C/CCN2CCCC(C(=O)O)C2)c2sccc2C)c1. The summed E-state index contributed by atoms with van der Waals surface area (Å²) in [6.07, 6.45) is 4.95. The van der Waals surface area contributed by atoms with Gasteiger partial charge in [-0.2, -0.15) is 0 Å². The van der Waals surface area contributed by atoms with Crippen LogP contribution < -0.4 is 4.74 Å². The van der Waals surface area contributed by atoms with Crippen molar-refractivity contribution in [2.75, 3.05) is 26.7 Å². The number of thiophene rings is 1. The minimum absolute atomic E-state index is 0.222. The van der Waals surface area contributed by atoms with Gasteiger partial charge in [0.25, 0.3) is 0 Å². The van der Waals surface area contributed by atoms with E-state index in [0.29, 0.717) is 6.54 Å². The molecule has 2 heterocycles. The molecule has 27 heavy (non-hydrogen) atoms. The van der Waals surface area contributed by atoms with Crippen LogP contribution >= 0.6 is 11.3 Å². The number of likely N-dealkylation sites (tertiary alicyclic amines) is 1. The van der Waals surface area contributed by atoms with E-state index in [-0.39, 0.29) is 5.92 Å². The Morgan fingerprint density at radius 2 is 2.26 bits per heavy atom. The first-order valence-corrected chi connectivity index (χ1v) is 10.3. The molecule has 1 unspecified atom stereocenters. The normalized spacial score (nSPS) is 18.4. The van der Waals surface area contributed by atoms with Gasteiger partial charge in [-0.25, -0.2) is 0 Å². The second-order valence-corrected chi connectivity index (χ2v) is 7.97. The predicted molar refractivity (Wildman–Crippen MR) is 111 cm³/mol. The summed E-state index contributed by atoms with van der Waals surface area (Å²) in [7, 11) is 1.69. The van der Waals surface area contributed by atoms with E-state index in [1.807, 2.05) is 12.1 Å². The molecule has 2 aromatic rings. The number of carboxylic acid groups (broad SMARTS) is 1. The maximum absolute atomic E-state index is 11.3. The molecular formula is C22H27NO3S. The highest BCUT2D eigenvalue weighted by atomic mass is 32.1. The van der Waals surface area contributed by atoms with Crippen molar-refractivity contribution < 1.29 is 14.6 Å². The van der Waals surface area contributed by atoms with Gasteiger partial charge in [0.2, 0.25) is 0 Å². The highest BCUT2D eigenvalue weighted by molar-refractivity contribution is 7.11. The summed E-state index contributed by atoms with van der Waals surface area (Å²) in [6.45, 7) is 4.68. The molecule has 1 fully saturated rings. The molecule has 0 bridgehead atoms. The van der Waals surface area contributed by atoms with Crippen LogP contribution in [0.25, 0.3) is 5.57 Å². The van der Waals surface area contributed by atoms with Crippen LogP contribution in [-0.4, -0.2) is 42.7 Å². The van der Waals surface area contributed by atoms with E-state index < -0.39 is 5.97 Å². The molecule has 0 saturated carbocycles. The van der Waals surface area contributed by atoms with Crippen LogP contribution in [0.1, 0.15) is 35.3 Å². The van der Waals surface area contributed by atoms with Gasteiger partial charge >= 0.3 is 5.97 Å². The van der Waals surface area contributed by atoms with Gasteiger partial charge in [-0.1, -0.05) is 18.2 Å². The molecule has 1 N–H and O–H groups in total. The summed E-state index contributed by atoms with van der Waals surface area (Å²) in [5.74, 6) is -0.0328. The number of methoxy groups -OCH3 is 1. The lowest BCUT2D eigenvalue weighted by Gasteiger charge is -2.30. The molecule has 0 radical (unpaired) electrons. The van der Waals surface area contributed by atoms with Crippen molar-refractivity contribution in [1.82, 2.24) is 4.90 Å². The van der Waals surface area contributed by atoms with Gasteiger partial charge in [0, 0.05) is 18.0 Å². The number of hydrogen-bond donors (Lipinski definition) is 1. The Bertz CT molecular complexity index is 811. The van der Waals surface area contributed by atoms with E-state index in [9.17, 15) is 9.90 Å². The number of carboxylic acids is 1. The minimum Gasteiger partial charge on any atom is -0.497 e. The Kier molecular flexibility index (Phi) is 6.69. The summed E-state index contributed by atoms with van der Waals surface area (Å²) >= 11 is 1.76. The zero-order chi connectivity index (χ0) is 19.2. The smallest absolute Gasteiger partial charge is 0.307 e. The zero-order valence-electron chi connectivity index (χ0n) is 16.0. The quantitative estimate of drug-likeness (QED) is 0.752. The summed E-state index contributed by atoms with van der Waals surface area (Å²) < 4.78 is 5.40. The van der Waals surface area contributed by atoms with E-state index in [2.05, 4.69) is 41.5 Å². The van der Waals surface area contributed by atoms with Crippen LogP contribution in [0, 0.1) is 12.8 Å². The van der Waals surface area contributed by atoms with Gasteiger partial charge in [0.1, 0.15) is 5.75 Å². The second kappa shape index (κ2) is 9.20. The lowest BCUT2D eigenvalue weighted by Crippen LogP contribution is -2.39. The maximum Gasteiger partial charge on any atom is 0.307 e. The van der Waals surface area contributed by atoms with Crippen LogP contribution in [0.15, 0.2) is 41.8 Å². The molecule has 1 aliphatic heterocycles. The molecule has 4 nitrogen and oxygen atoms in total. The summed E-state index contributed by atoms with van der Waals surface area (Å²) in [5.41, 5.74) is 3.66. The van der Waals surface area contributed by atoms with Crippen LogP contribution in [-0.2, 0) is 4.79 Å². The molecule has 1 aromatic heterocycles. The number of carbonyl (C=O) groups is 1. The molecule has 1 aliphatic rings. The third-order valence-corrected chi connectivity index (χ3v) is 6.19. The Morgan fingerprint density at radius 3 is 2.96 bits per heavy atom. The molecular weight excluding hydrogens is 358 g/mol. The number of ether oxygens (including phenoxy) is 1. The molecule has 1 saturated heterocycles. The van der Waals surface area contributed by atoms with Gasteiger partial charge in [0.15, 0.2) is 0 Å². The van der Waals surface area contributed by atoms with Crippen LogP contribution in [0.3, 0.4) is 0 Å². The predicted octanol–water partition coefficient (Wildman–Crippen LogP) is 4.68. The Labute approximate surface area is 165 Å². The number of benzene rings is 1. The number of aryl methyl sites for hydroxylation is 1. The van der Waals surface area contributed by atoms with Crippen LogP contribution in [0.4, 0.5) is 0 Å². The van der Waals surface area contributed by atoms with Gasteiger partial charge in [-0.3, -0.25) is 4.79 Å². The minimum atomic E-state index is -0.665. The third-order valence-electron chi connectivity index (χ3n) is 5.14. The lowest BCUT2D eigenvalue weighted by molar-refractivity contribution is -0.143. The monoisotopic (exact) mass is 385 g/mol. The number of hydrogen-bond acceptors (Lipinski definition) is 4. The van der Waals surface area contributed by atoms with Crippen LogP contribution in [0.2, 0.25) is 0 Å². The third kappa shape index (κ3) is 4.99. The van der Waals surface area contributed by atoms with Crippen molar-refractivity contribution in [3.05, 3.63) is 57.8 Å². The fourth-order valence-corrected chi connectivity index (χ4v) is 4.62. The van der Waals surface area contributed by atoms with Gasteiger partial charge in [-0.15, -0.1) is 11.3 Å². The molecule has 0 amide bonds. The molecule has 1 aromatic carbocycles. The van der Waals surface area contributed by atoms with Crippen molar-refractivity contribution in [3.8, 4) is 5.75 Å². The molecule has 5 heteroatoms. The first-order valence-electron chi connectivity index (χ1n) is 9.42. The largest absolute Gasteiger partial charge is 0.497 e. The number of piperidine rings is 1. The number of aliphatic carboxylic acids is 1. The Balaban J connectivity index is 1.77. The maximum atomic E-state index is 11.3. The summed E-state index contributed by atoms with van der Waals surface area (Å²) in [4.78, 5) is 14.8. The van der Waals surface area contributed by atoms with E-state index in [1.165, 1.54) is 16.0 Å². The van der Waals surface area contributed by atoms with Crippen LogP contribution in [0.5, 0.6) is 5.75 Å². The van der Waals surface area contributed by atoms with Crippen molar-refractivity contribution in [1.29, 1.82) is 0 Å². The van der Waals surface area contributed by atoms with E-state index in [4.69, 9.17) is 4.74 Å². The van der Waals surface area contributed by atoms with Crippen molar-refractivity contribution in [2.45, 2.75) is 26.2 Å². The molecule has 144 valence electrons. The van der Waals surface area contributed by atoms with E-state index in [1.54, 1.807) is 18.4 Å². The summed E-state index contributed by atoms with van der Waals surface area (Å²) in [5, 5.41) is 11.4. The van der Waals surface area contributed by atoms with Gasteiger partial charge in [0.05, 0.1) is 13.0 Å². The molecule has 1 atom stereocenters. The lowest BCUT2D eigenvalue weighted by atomic mass is 9.97. The van der Waals surface area contributed by atoms with E-state index in [0.717, 1.165) is 43.7 Å². The Hall–Kier alpha value is -2.11. The number of nitrogens with zero attached hydrogens (tertiary/aromatic N) is 1. The standard InChI is InChI=1S/C22H27NO3S/c1-16-10-13-27-21(16)20(17-6-3-8-19(14-17)26-2)9-5-12-23-11-4-7-18(15-23)22(24)25/h3,6,8-10,13-14,18H,4-5,7,11-12,15H2,1-2H3,(H,24,25)/b20-9-. The van der Waals surface area contributed by atoms with Crippen molar-refractivity contribution >= 4 is 22.9 Å². The highest BCUT2D eigenvalue weighted by Crippen LogP contribution is 2.32. The molecule has 0 aliphatic carbocycles. The zero-order valence-corrected chi connectivity index (χ0v) is 16.8.